The summed E-state index contributed by atoms with van der Waals surface area (Å²) in [5.74, 6) is -0.376. The molecule has 0 unspecified atom stereocenters. The lowest BCUT2D eigenvalue weighted by molar-refractivity contribution is 0.0608. The summed E-state index contributed by atoms with van der Waals surface area (Å²) in [6.45, 7) is 7.03. The number of fused-ring (bicyclic) bond motifs is 2. The van der Waals surface area contributed by atoms with Gasteiger partial charge in [-0.1, -0.05) is 56.2 Å². The molecule has 3 amide bonds. The molecule has 1 fully saturated rings. The number of nitrogens with zero attached hydrogens (tertiary/aromatic N) is 3. The monoisotopic (exact) mass is 562 g/mol. The van der Waals surface area contributed by atoms with Crippen molar-refractivity contribution in [3.63, 3.8) is 0 Å². The molecule has 0 spiro atoms. The molecule has 2 N–H and O–H groups in total. The molecule has 0 atom stereocenters. The summed E-state index contributed by atoms with van der Waals surface area (Å²) in [4.78, 5) is 44.2. The number of hydrogen-bond donors (Lipinski definition) is 1. The van der Waals surface area contributed by atoms with E-state index in [4.69, 9.17) is 10.5 Å². The minimum absolute atomic E-state index is 0.188. The van der Waals surface area contributed by atoms with E-state index in [0.29, 0.717) is 30.8 Å². The van der Waals surface area contributed by atoms with E-state index in [1.165, 1.54) is 21.4 Å². The lowest BCUT2D eigenvalue weighted by Crippen LogP contribution is -2.47. The number of primary amides is 1. The number of amides is 3. The van der Waals surface area contributed by atoms with E-state index in [2.05, 4.69) is 59.2 Å². The van der Waals surface area contributed by atoms with Gasteiger partial charge in [-0.15, -0.1) is 0 Å². The summed E-state index contributed by atoms with van der Waals surface area (Å²) in [6, 6.07) is 18.8. The molecule has 2 heterocycles. The van der Waals surface area contributed by atoms with Gasteiger partial charge in [0.25, 0.3) is 11.8 Å². The van der Waals surface area contributed by atoms with Crippen molar-refractivity contribution < 1.29 is 19.1 Å². The number of carbonyl (C=O) groups excluding carboxylic acids is 3. The Bertz CT molecular complexity index is 1800. The van der Waals surface area contributed by atoms with Gasteiger partial charge in [-0.05, 0) is 56.9 Å². The number of hydrogen-bond acceptors (Lipinski definition) is 6. The van der Waals surface area contributed by atoms with Gasteiger partial charge in [0, 0.05) is 66.9 Å². The van der Waals surface area contributed by atoms with Gasteiger partial charge in [0.05, 0.1) is 0 Å². The van der Waals surface area contributed by atoms with Crippen LogP contribution in [0.4, 0.5) is 10.5 Å². The SMILES string of the molecule is CCCCCN1C(=O)c2ccc3c4cccc5c(N6CCN(CCOC(N)=O)CC6)ccc(c6ccc(c2c36)C1=O)c54. The van der Waals surface area contributed by atoms with Crippen LogP contribution in [0.25, 0.3) is 43.1 Å². The van der Waals surface area contributed by atoms with Crippen molar-refractivity contribution in [2.45, 2.75) is 26.2 Å². The summed E-state index contributed by atoms with van der Waals surface area (Å²) >= 11 is 0. The van der Waals surface area contributed by atoms with Crippen LogP contribution in [-0.4, -0.2) is 73.6 Å². The number of rotatable bonds is 8. The lowest BCUT2D eigenvalue weighted by Gasteiger charge is -2.36. The molecule has 1 saturated heterocycles. The summed E-state index contributed by atoms with van der Waals surface area (Å²) < 4.78 is 4.92. The van der Waals surface area contributed by atoms with E-state index in [9.17, 15) is 14.4 Å². The molecule has 7 rings (SSSR count). The first kappa shape index (κ1) is 26.5. The van der Waals surface area contributed by atoms with E-state index in [1.54, 1.807) is 0 Å². The van der Waals surface area contributed by atoms with Crippen LogP contribution in [0.5, 0.6) is 0 Å². The maximum Gasteiger partial charge on any atom is 0.404 e. The summed E-state index contributed by atoms with van der Waals surface area (Å²) in [5, 5.41) is 8.59. The zero-order chi connectivity index (χ0) is 29.0. The van der Waals surface area contributed by atoms with E-state index >= 15 is 0 Å². The van der Waals surface area contributed by atoms with E-state index in [0.717, 1.165) is 77.8 Å². The van der Waals surface area contributed by atoms with E-state index < -0.39 is 6.09 Å². The standard InChI is InChI=1S/C34H34N4O4/c1-2-3-4-14-38-32(39)26-10-8-23-21-6-5-7-25-28(37-17-15-36(16-18-37)19-20-42-34(35)41)13-12-22(29(21)25)24-9-11-27(33(38)40)31(26)30(23)24/h5-13H,2-4,14-20H2,1H3,(H2,35,41). The first-order chi connectivity index (χ1) is 20.5. The highest BCUT2D eigenvalue weighted by Crippen LogP contribution is 2.45. The number of benzene rings is 5. The van der Waals surface area contributed by atoms with Gasteiger partial charge in [0.1, 0.15) is 6.61 Å². The fourth-order valence-corrected chi connectivity index (χ4v) is 7.01. The average molecular weight is 563 g/mol. The fourth-order valence-electron chi connectivity index (χ4n) is 7.01. The Morgan fingerprint density at radius 2 is 1.36 bits per heavy atom. The molecule has 0 radical (unpaired) electrons. The van der Waals surface area contributed by atoms with Crippen LogP contribution >= 0.6 is 0 Å². The number of unbranched alkanes of at least 4 members (excludes halogenated alkanes) is 2. The fraction of sp³-hybridized carbons (Fsp3) is 0.324. The topological polar surface area (TPSA) is 96.2 Å². The highest BCUT2D eigenvalue weighted by molar-refractivity contribution is 6.38. The Morgan fingerprint density at radius 1 is 0.738 bits per heavy atom. The van der Waals surface area contributed by atoms with Gasteiger partial charge in [-0.3, -0.25) is 19.4 Å². The predicted molar refractivity (Wildman–Crippen MR) is 167 cm³/mol. The maximum absolute atomic E-state index is 13.6. The Labute approximate surface area is 243 Å². The van der Waals surface area contributed by atoms with Crippen LogP contribution in [0.15, 0.2) is 54.6 Å². The van der Waals surface area contributed by atoms with Gasteiger partial charge in [0.15, 0.2) is 0 Å². The molecule has 8 nitrogen and oxygen atoms in total. The van der Waals surface area contributed by atoms with Crippen molar-refractivity contribution in [3.8, 4) is 0 Å². The third kappa shape index (κ3) is 4.12. The number of nitrogens with two attached hydrogens (primary N) is 1. The van der Waals surface area contributed by atoms with Gasteiger partial charge in [-0.25, -0.2) is 4.79 Å². The summed E-state index contributed by atoms with van der Waals surface area (Å²) in [6.07, 6.45) is 2.11. The molecule has 0 bridgehead atoms. The van der Waals surface area contributed by atoms with Crippen LogP contribution in [0.1, 0.15) is 46.9 Å². The Hall–Kier alpha value is -4.43. The zero-order valence-electron chi connectivity index (χ0n) is 23.8. The van der Waals surface area contributed by atoms with Crippen LogP contribution < -0.4 is 10.6 Å². The highest BCUT2D eigenvalue weighted by atomic mass is 16.5. The van der Waals surface area contributed by atoms with E-state index in [-0.39, 0.29) is 11.8 Å². The number of ether oxygens (including phenoxy) is 1. The molecule has 0 saturated carbocycles. The molecule has 5 aromatic rings. The number of carbonyl (C=O) groups is 3. The quantitative estimate of drug-likeness (QED) is 0.112. The van der Waals surface area contributed by atoms with Crippen LogP contribution in [0, 0.1) is 0 Å². The van der Waals surface area contributed by atoms with Gasteiger partial charge < -0.3 is 15.4 Å². The first-order valence-electron chi connectivity index (χ1n) is 14.9. The molecule has 42 heavy (non-hydrogen) atoms. The highest BCUT2D eigenvalue weighted by Gasteiger charge is 2.34. The van der Waals surface area contributed by atoms with Gasteiger partial charge in [0.2, 0.25) is 0 Å². The summed E-state index contributed by atoms with van der Waals surface area (Å²) in [7, 11) is 0. The van der Waals surface area contributed by atoms with Crippen LogP contribution in [0.2, 0.25) is 0 Å². The van der Waals surface area contributed by atoms with Crippen molar-refractivity contribution in [3.05, 3.63) is 65.7 Å². The maximum atomic E-state index is 13.6. The minimum atomic E-state index is -0.734. The number of imide groups is 1. The van der Waals surface area contributed by atoms with Crippen molar-refractivity contribution in [1.82, 2.24) is 9.80 Å². The molecule has 214 valence electrons. The van der Waals surface area contributed by atoms with Gasteiger partial charge >= 0.3 is 6.09 Å². The number of piperazine rings is 1. The Balaban J connectivity index is 1.31. The summed E-state index contributed by atoms with van der Waals surface area (Å²) in [5.41, 5.74) is 7.53. The second-order valence-electron chi connectivity index (χ2n) is 11.4. The van der Waals surface area contributed by atoms with Crippen molar-refractivity contribution in [2.24, 2.45) is 5.73 Å². The normalized spacial score (nSPS) is 16.0. The van der Waals surface area contributed by atoms with Crippen molar-refractivity contribution in [1.29, 1.82) is 0 Å². The molecule has 8 heteroatoms. The smallest absolute Gasteiger partial charge is 0.404 e. The lowest BCUT2D eigenvalue weighted by atomic mass is 9.84. The zero-order valence-corrected chi connectivity index (χ0v) is 23.8. The number of anilines is 1. The molecule has 5 aromatic carbocycles. The van der Waals surface area contributed by atoms with E-state index in [1.807, 2.05) is 12.1 Å². The second-order valence-corrected chi connectivity index (χ2v) is 11.4. The van der Waals surface area contributed by atoms with Gasteiger partial charge in [-0.2, -0.15) is 0 Å². The predicted octanol–water partition coefficient (Wildman–Crippen LogP) is 5.74. The molecular weight excluding hydrogens is 528 g/mol. The molecular formula is C34H34N4O4. The van der Waals surface area contributed by atoms with Crippen LogP contribution in [0.3, 0.4) is 0 Å². The Kier molecular flexibility index (Phi) is 6.58. The van der Waals surface area contributed by atoms with Crippen LogP contribution in [-0.2, 0) is 4.74 Å². The second kappa shape index (κ2) is 10.4. The average Bonchev–Trinajstić information content (AvgIpc) is 3.00. The Morgan fingerprint density at radius 3 is 2.02 bits per heavy atom. The first-order valence-corrected chi connectivity index (χ1v) is 14.9. The van der Waals surface area contributed by atoms with Crippen molar-refractivity contribution in [2.75, 3.05) is 50.8 Å². The minimum Gasteiger partial charge on any atom is -0.448 e. The van der Waals surface area contributed by atoms with Crippen molar-refractivity contribution >= 4 is 66.7 Å². The largest absolute Gasteiger partial charge is 0.448 e. The third-order valence-corrected chi connectivity index (χ3v) is 9.06. The molecule has 2 aliphatic rings. The molecule has 0 aliphatic carbocycles. The molecule has 0 aromatic heterocycles. The third-order valence-electron chi connectivity index (χ3n) is 9.06. The molecule has 2 aliphatic heterocycles.